The number of hydrogen-bond donors (Lipinski definition) is 1. The van der Waals surface area contributed by atoms with E-state index < -0.39 is 0 Å². The van der Waals surface area contributed by atoms with Crippen LogP contribution in [0.3, 0.4) is 0 Å². The molecule has 3 heteroatoms. The molecule has 3 nitrogen and oxygen atoms in total. The van der Waals surface area contributed by atoms with Crippen LogP contribution in [0, 0.1) is 12.3 Å². The van der Waals surface area contributed by atoms with E-state index in [0.29, 0.717) is 6.54 Å². The van der Waals surface area contributed by atoms with Gasteiger partial charge in [-0.25, -0.2) is 0 Å². The van der Waals surface area contributed by atoms with E-state index in [1.165, 1.54) is 0 Å². The average molecular weight is 177 g/mol. The van der Waals surface area contributed by atoms with Crippen molar-refractivity contribution in [1.82, 2.24) is 15.1 Å². The molecule has 0 aliphatic heterocycles. The standard InChI is InChI=1S/C10H15N3/c1-5-6-11-10(2,3)9-7-12-13(4)8-9/h1,7-8,11H,6H2,2-4H3. The van der Waals surface area contributed by atoms with Gasteiger partial charge in [0, 0.05) is 24.3 Å². The first-order valence-corrected chi connectivity index (χ1v) is 4.24. The van der Waals surface area contributed by atoms with Gasteiger partial charge in [-0.15, -0.1) is 6.42 Å². The number of aryl methyl sites for hydroxylation is 1. The third-order valence-corrected chi connectivity index (χ3v) is 2.06. The van der Waals surface area contributed by atoms with Crippen molar-refractivity contribution in [1.29, 1.82) is 0 Å². The van der Waals surface area contributed by atoms with Crippen molar-refractivity contribution in [3.63, 3.8) is 0 Å². The highest BCUT2D eigenvalue weighted by Crippen LogP contribution is 2.18. The Balaban J connectivity index is 2.75. The quantitative estimate of drug-likeness (QED) is 0.694. The second-order valence-corrected chi connectivity index (χ2v) is 3.59. The Morgan fingerprint density at radius 3 is 2.85 bits per heavy atom. The zero-order chi connectivity index (χ0) is 9.90. The fourth-order valence-corrected chi connectivity index (χ4v) is 1.12. The van der Waals surface area contributed by atoms with E-state index in [4.69, 9.17) is 6.42 Å². The largest absolute Gasteiger partial charge is 0.297 e. The predicted octanol–water partition coefficient (Wildman–Crippen LogP) is 0.878. The second kappa shape index (κ2) is 3.63. The second-order valence-electron chi connectivity index (χ2n) is 3.59. The van der Waals surface area contributed by atoms with Crippen LogP contribution < -0.4 is 5.32 Å². The number of hydrogen-bond acceptors (Lipinski definition) is 2. The molecular weight excluding hydrogens is 162 g/mol. The number of aromatic nitrogens is 2. The zero-order valence-corrected chi connectivity index (χ0v) is 8.33. The van der Waals surface area contributed by atoms with Gasteiger partial charge in [-0.05, 0) is 13.8 Å². The topological polar surface area (TPSA) is 29.9 Å². The summed E-state index contributed by atoms with van der Waals surface area (Å²) < 4.78 is 1.79. The summed E-state index contributed by atoms with van der Waals surface area (Å²) in [5.41, 5.74) is 1.03. The first-order chi connectivity index (χ1) is 6.06. The highest BCUT2D eigenvalue weighted by molar-refractivity contribution is 5.16. The first-order valence-electron chi connectivity index (χ1n) is 4.24. The molecule has 0 aliphatic rings. The van der Waals surface area contributed by atoms with E-state index in [0.717, 1.165) is 5.56 Å². The van der Waals surface area contributed by atoms with E-state index in [2.05, 4.69) is 30.2 Å². The van der Waals surface area contributed by atoms with Gasteiger partial charge in [0.05, 0.1) is 12.7 Å². The van der Waals surface area contributed by atoms with Crippen LogP contribution in [0.25, 0.3) is 0 Å². The van der Waals surface area contributed by atoms with Crippen molar-refractivity contribution in [2.24, 2.45) is 7.05 Å². The van der Waals surface area contributed by atoms with Crippen molar-refractivity contribution in [2.45, 2.75) is 19.4 Å². The normalized spacial score (nSPS) is 11.2. The molecule has 0 saturated carbocycles. The van der Waals surface area contributed by atoms with Crippen LogP contribution >= 0.6 is 0 Å². The highest BCUT2D eigenvalue weighted by atomic mass is 15.2. The Morgan fingerprint density at radius 2 is 2.38 bits per heavy atom. The van der Waals surface area contributed by atoms with Gasteiger partial charge < -0.3 is 0 Å². The molecule has 0 fully saturated rings. The van der Waals surface area contributed by atoms with Gasteiger partial charge in [0.1, 0.15) is 0 Å². The van der Waals surface area contributed by atoms with Gasteiger partial charge in [0.15, 0.2) is 0 Å². The van der Waals surface area contributed by atoms with Gasteiger partial charge >= 0.3 is 0 Å². The third-order valence-electron chi connectivity index (χ3n) is 2.06. The monoisotopic (exact) mass is 177 g/mol. The maximum Gasteiger partial charge on any atom is 0.0580 e. The highest BCUT2D eigenvalue weighted by Gasteiger charge is 2.20. The molecule has 1 N–H and O–H groups in total. The lowest BCUT2D eigenvalue weighted by Gasteiger charge is -2.23. The molecule has 13 heavy (non-hydrogen) atoms. The summed E-state index contributed by atoms with van der Waals surface area (Å²) in [4.78, 5) is 0. The lowest BCUT2D eigenvalue weighted by atomic mass is 9.98. The molecule has 70 valence electrons. The summed E-state index contributed by atoms with van der Waals surface area (Å²) >= 11 is 0. The molecule has 0 bridgehead atoms. The van der Waals surface area contributed by atoms with E-state index in [-0.39, 0.29) is 5.54 Å². The van der Waals surface area contributed by atoms with Crippen LogP contribution in [0.5, 0.6) is 0 Å². The molecule has 0 unspecified atom stereocenters. The molecule has 0 spiro atoms. The summed E-state index contributed by atoms with van der Waals surface area (Å²) in [5, 5.41) is 7.36. The van der Waals surface area contributed by atoms with Crippen molar-refractivity contribution in [3.05, 3.63) is 18.0 Å². The Kier molecular flexibility index (Phi) is 2.74. The minimum Gasteiger partial charge on any atom is -0.297 e. The Hall–Kier alpha value is -1.27. The molecule has 1 aromatic heterocycles. The maximum atomic E-state index is 5.19. The number of terminal acetylenes is 1. The summed E-state index contributed by atoms with van der Waals surface area (Å²) in [6.07, 6.45) is 9.03. The smallest absolute Gasteiger partial charge is 0.0580 e. The molecule has 1 aromatic rings. The first kappa shape index (κ1) is 9.82. The van der Waals surface area contributed by atoms with Crippen LogP contribution in [0.4, 0.5) is 0 Å². The number of nitrogens with zero attached hydrogens (tertiary/aromatic N) is 2. The average Bonchev–Trinajstić information content (AvgIpc) is 2.49. The lowest BCUT2D eigenvalue weighted by Crippen LogP contribution is -2.36. The molecule has 0 amide bonds. The Morgan fingerprint density at radius 1 is 1.69 bits per heavy atom. The van der Waals surface area contributed by atoms with E-state index in [1.807, 2.05) is 19.4 Å². The molecule has 1 heterocycles. The van der Waals surface area contributed by atoms with Crippen LogP contribution in [-0.2, 0) is 12.6 Å². The summed E-state index contributed by atoms with van der Waals surface area (Å²) in [5.74, 6) is 2.56. The summed E-state index contributed by atoms with van der Waals surface area (Å²) in [6, 6.07) is 0. The van der Waals surface area contributed by atoms with Gasteiger partial charge in [0.25, 0.3) is 0 Å². The van der Waals surface area contributed by atoms with E-state index >= 15 is 0 Å². The van der Waals surface area contributed by atoms with Gasteiger partial charge in [-0.2, -0.15) is 5.10 Å². The van der Waals surface area contributed by atoms with E-state index in [1.54, 1.807) is 4.68 Å². The number of nitrogens with one attached hydrogen (secondary N) is 1. The van der Waals surface area contributed by atoms with Crippen LogP contribution in [0.1, 0.15) is 19.4 Å². The van der Waals surface area contributed by atoms with Crippen molar-refractivity contribution in [3.8, 4) is 12.3 Å². The van der Waals surface area contributed by atoms with Crippen molar-refractivity contribution < 1.29 is 0 Å². The van der Waals surface area contributed by atoms with Gasteiger partial charge in [-0.1, -0.05) is 5.92 Å². The van der Waals surface area contributed by atoms with E-state index in [9.17, 15) is 0 Å². The minimum absolute atomic E-state index is 0.110. The van der Waals surface area contributed by atoms with Crippen molar-refractivity contribution >= 4 is 0 Å². The fourth-order valence-electron chi connectivity index (χ4n) is 1.12. The zero-order valence-electron chi connectivity index (χ0n) is 8.33. The lowest BCUT2D eigenvalue weighted by molar-refractivity contribution is 0.428. The van der Waals surface area contributed by atoms with Gasteiger partial charge in [-0.3, -0.25) is 10.00 Å². The molecule has 0 atom stereocenters. The third kappa shape index (κ3) is 2.33. The molecule has 0 saturated heterocycles. The molecular formula is C10H15N3. The summed E-state index contributed by atoms with van der Waals surface area (Å²) in [6.45, 7) is 4.74. The molecule has 0 radical (unpaired) electrons. The molecule has 0 aliphatic carbocycles. The van der Waals surface area contributed by atoms with Crippen LogP contribution in [-0.4, -0.2) is 16.3 Å². The molecule has 1 rings (SSSR count). The number of rotatable bonds is 3. The predicted molar refractivity (Wildman–Crippen MR) is 53.1 cm³/mol. The Bertz CT molecular complexity index is 317. The summed E-state index contributed by atoms with van der Waals surface area (Å²) in [7, 11) is 1.90. The van der Waals surface area contributed by atoms with Crippen LogP contribution in [0.2, 0.25) is 0 Å². The maximum absolute atomic E-state index is 5.19. The van der Waals surface area contributed by atoms with Crippen molar-refractivity contribution in [2.75, 3.05) is 6.54 Å². The van der Waals surface area contributed by atoms with Crippen LogP contribution in [0.15, 0.2) is 12.4 Å². The SMILES string of the molecule is C#CCNC(C)(C)c1cnn(C)c1. The molecule has 0 aromatic carbocycles. The van der Waals surface area contributed by atoms with Gasteiger partial charge in [0.2, 0.25) is 0 Å². The minimum atomic E-state index is -0.110. The fraction of sp³-hybridized carbons (Fsp3) is 0.500. The Labute approximate surface area is 79.1 Å².